The van der Waals surface area contributed by atoms with Crippen molar-refractivity contribution in [3.63, 3.8) is 0 Å². The third kappa shape index (κ3) is 3.96. The summed E-state index contributed by atoms with van der Waals surface area (Å²) in [5.41, 5.74) is 6.71. The van der Waals surface area contributed by atoms with Gasteiger partial charge in [0.25, 0.3) is 0 Å². The zero-order chi connectivity index (χ0) is 13.8. The highest BCUT2D eigenvalue weighted by atomic mass is 15.2. The van der Waals surface area contributed by atoms with Crippen LogP contribution >= 0.6 is 0 Å². The van der Waals surface area contributed by atoms with E-state index in [0.717, 1.165) is 19.0 Å². The summed E-state index contributed by atoms with van der Waals surface area (Å²) in [6, 6.07) is 1.58. The molecular formula is C16H34N2. The van der Waals surface area contributed by atoms with Crippen LogP contribution in [0.1, 0.15) is 73.1 Å². The zero-order valence-electron chi connectivity index (χ0n) is 13.2. The highest BCUT2D eigenvalue weighted by Crippen LogP contribution is 2.33. The summed E-state index contributed by atoms with van der Waals surface area (Å²) in [4.78, 5) is 2.72. The van der Waals surface area contributed by atoms with Gasteiger partial charge in [-0.05, 0) is 31.2 Å². The highest BCUT2D eigenvalue weighted by molar-refractivity contribution is 4.93. The van der Waals surface area contributed by atoms with Gasteiger partial charge in [-0.3, -0.25) is 4.90 Å². The summed E-state index contributed by atoms with van der Waals surface area (Å²) < 4.78 is 0. The molecule has 0 aromatic carbocycles. The second-order valence-electron chi connectivity index (χ2n) is 7.01. The molecule has 1 aliphatic rings. The van der Waals surface area contributed by atoms with E-state index in [4.69, 9.17) is 5.73 Å². The number of rotatable bonds is 5. The predicted molar refractivity (Wildman–Crippen MR) is 80.8 cm³/mol. The van der Waals surface area contributed by atoms with Crippen LogP contribution in [-0.2, 0) is 0 Å². The van der Waals surface area contributed by atoms with Crippen LogP contribution in [0.15, 0.2) is 0 Å². The Bertz CT molecular complexity index is 226. The van der Waals surface area contributed by atoms with E-state index in [9.17, 15) is 0 Å². The fourth-order valence-corrected chi connectivity index (χ4v) is 3.70. The standard InChI is InChI=1S/C16H34N2/c1-6-14(17)15(16(3,4)5)18(7-2)13-11-9-8-10-12-13/h13-15H,6-12,17H2,1-5H3. The molecular weight excluding hydrogens is 220 g/mol. The molecule has 2 heteroatoms. The second-order valence-corrected chi connectivity index (χ2v) is 7.01. The minimum Gasteiger partial charge on any atom is -0.326 e. The Kier molecular flexibility index (Phi) is 6.13. The lowest BCUT2D eigenvalue weighted by Crippen LogP contribution is -2.58. The Morgan fingerprint density at radius 2 is 1.67 bits per heavy atom. The van der Waals surface area contributed by atoms with Gasteiger partial charge in [-0.25, -0.2) is 0 Å². The first-order chi connectivity index (χ1) is 8.41. The fourth-order valence-electron chi connectivity index (χ4n) is 3.70. The maximum atomic E-state index is 6.44. The van der Waals surface area contributed by atoms with E-state index in [1.165, 1.54) is 32.1 Å². The van der Waals surface area contributed by atoms with E-state index in [2.05, 4.69) is 39.5 Å². The van der Waals surface area contributed by atoms with Gasteiger partial charge in [0.15, 0.2) is 0 Å². The molecule has 0 amide bonds. The van der Waals surface area contributed by atoms with Gasteiger partial charge in [-0.2, -0.15) is 0 Å². The average molecular weight is 254 g/mol. The van der Waals surface area contributed by atoms with Crippen LogP contribution in [0.4, 0.5) is 0 Å². The molecule has 0 heterocycles. The first-order valence-corrected chi connectivity index (χ1v) is 7.93. The van der Waals surface area contributed by atoms with Gasteiger partial charge in [0.05, 0.1) is 0 Å². The molecule has 2 N–H and O–H groups in total. The maximum absolute atomic E-state index is 6.44. The van der Waals surface area contributed by atoms with Crippen molar-refractivity contribution in [2.75, 3.05) is 6.54 Å². The molecule has 2 unspecified atom stereocenters. The smallest absolute Gasteiger partial charge is 0.0298 e. The molecule has 1 fully saturated rings. The van der Waals surface area contributed by atoms with Crippen LogP contribution in [0.5, 0.6) is 0 Å². The molecule has 0 aromatic heterocycles. The van der Waals surface area contributed by atoms with Crippen LogP contribution in [0.2, 0.25) is 0 Å². The third-order valence-electron chi connectivity index (χ3n) is 4.53. The van der Waals surface area contributed by atoms with Crippen LogP contribution in [0, 0.1) is 5.41 Å². The van der Waals surface area contributed by atoms with Crippen molar-refractivity contribution in [3.05, 3.63) is 0 Å². The average Bonchev–Trinajstić information content (AvgIpc) is 2.34. The zero-order valence-corrected chi connectivity index (χ0v) is 13.2. The summed E-state index contributed by atoms with van der Waals surface area (Å²) in [6.45, 7) is 12.7. The lowest BCUT2D eigenvalue weighted by Gasteiger charge is -2.47. The summed E-state index contributed by atoms with van der Waals surface area (Å²) in [7, 11) is 0. The lowest BCUT2D eigenvalue weighted by molar-refractivity contribution is 0.0294. The molecule has 0 spiro atoms. The molecule has 0 aromatic rings. The Labute approximate surface area is 114 Å². The summed E-state index contributed by atoms with van der Waals surface area (Å²) in [6.07, 6.45) is 8.05. The molecule has 18 heavy (non-hydrogen) atoms. The van der Waals surface area contributed by atoms with E-state index in [1.54, 1.807) is 0 Å². The molecule has 0 bridgehead atoms. The van der Waals surface area contributed by atoms with Crippen molar-refractivity contribution < 1.29 is 0 Å². The molecule has 1 rings (SSSR count). The Morgan fingerprint density at radius 1 is 1.11 bits per heavy atom. The normalized spacial score (nSPS) is 22.2. The first kappa shape index (κ1) is 16.0. The molecule has 0 aliphatic heterocycles. The van der Waals surface area contributed by atoms with E-state index < -0.39 is 0 Å². The van der Waals surface area contributed by atoms with Crippen LogP contribution in [0.25, 0.3) is 0 Å². The molecule has 0 saturated heterocycles. The Balaban J connectivity index is 2.85. The highest BCUT2D eigenvalue weighted by Gasteiger charge is 2.37. The minimum atomic E-state index is 0.267. The monoisotopic (exact) mass is 254 g/mol. The molecule has 0 radical (unpaired) electrons. The van der Waals surface area contributed by atoms with Crippen molar-refractivity contribution in [1.82, 2.24) is 4.90 Å². The summed E-state index contributed by atoms with van der Waals surface area (Å²) >= 11 is 0. The number of hydrogen-bond donors (Lipinski definition) is 1. The SMILES string of the molecule is CCC(N)C(N(CC)C1CCCCC1)C(C)(C)C. The van der Waals surface area contributed by atoms with Crippen LogP contribution < -0.4 is 5.73 Å². The van der Waals surface area contributed by atoms with Gasteiger partial charge in [0.1, 0.15) is 0 Å². The van der Waals surface area contributed by atoms with E-state index in [-0.39, 0.29) is 5.41 Å². The largest absolute Gasteiger partial charge is 0.326 e. The fraction of sp³-hybridized carbons (Fsp3) is 1.00. The van der Waals surface area contributed by atoms with Crippen molar-refractivity contribution in [2.24, 2.45) is 11.1 Å². The molecule has 1 saturated carbocycles. The number of nitrogens with two attached hydrogens (primary N) is 1. The number of likely N-dealkylation sites (N-methyl/N-ethyl adjacent to an activating group) is 1. The molecule has 2 nitrogen and oxygen atoms in total. The number of nitrogens with zero attached hydrogens (tertiary/aromatic N) is 1. The van der Waals surface area contributed by atoms with E-state index in [0.29, 0.717) is 12.1 Å². The topological polar surface area (TPSA) is 29.3 Å². The van der Waals surface area contributed by atoms with Crippen LogP contribution in [0.3, 0.4) is 0 Å². The van der Waals surface area contributed by atoms with Gasteiger partial charge < -0.3 is 5.73 Å². The summed E-state index contributed by atoms with van der Waals surface area (Å²) in [5.74, 6) is 0. The maximum Gasteiger partial charge on any atom is 0.0298 e. The quantitative estimate of drug-likeness (QED) is 0.808. The minimum absolute atomic E-state index is 0.267. The van der Waals surface area contributed by atoms with E-state index in [1.807, 2.05) is 0 Å². The van der Waals surface area contributed by atoms with Crippen molar-refractivity contribution in [2.45, 2.75) is 91.3 Å². The van der Waals surface area contributed by atoms with Crippen molar-refractivity contribution >= 4 is 0 Å². The van der Waals surface area contributed by atoms with Gasteiger partial charge in [0, 0.05) is 18.1 Å². The third-order valence-corrected chi connectivity index (χ3v) is 4.53. The first-order valence-electron chi connectivity index (χ1n) is 7.93. The molecule has 2 atom stereocenters. The van der Waals surface area contributed by atoms with E-state index >= 15 is 0 Å². The second kappa shape index (κ2) is 6.91. The summed E-state index contributed by atoms with van der Waals surface area (Å²) in [5, 5.41) is 0. The van der Waals surface area contributed by atoms with Gasteiger partial charge in [-0.1, -0.05) is 53.9 Å². The molecule has 108 valence electrons. The van der Waals surface area contributed by atoms with Gasteiger partial charge in [-0.15, -0.1) is 0 Å². The van der Waals surface area contributed by atoms with Gasteiger partial charge >= 0.3 is 0 Å². The molecule has 1 aliphatic carbocycles. The van der Waals surface area contributed by atoms with Crippen molar-refractivity contribution in [1.29, 1.82) is 0 Å². The van der Waals surface area contributed by atoms with Gasteiger partial charge in [0.2, 0.25) is 0 Å². The number of hydrogen-bond acceptors (Lipinski definition) is 2. The van der Waals surface area contributed by atoms with Crippen LogP contribution in [-0.4, -0.2) is 29.6 Å². The Morgan fingerprint density at radius 3 is 2.06 bits per heavy atom. The predicted octanol–water partition coefficient (Wildman–Crippen LogP) is 3.79. The van der Waals surface area contributed by atoms with Crippen molar-refractivity contribution in [3.8, 4) is 0 Å². The Hall–Kier alpha value is -0.0800. The lowest BCUT2D eigenvalue weighted by atomic mass is 9.78.